The Morgan fingerprint density at radius 2 is 1.69 bits per heavy atom. The van der Waals surface area contributed by atoms with E-state index in [1.807, 2.05) is 18.2 Å². The zero-order valence-electron chi connectivity index (χ0n) is 14.4. The Balaban J connectivity index is 1.75. The minimum atomic E-state index is -0.497. The van der Waals surface area contributed by atoms with Gasteiger partial charge in [0.1, 0.15) is 5.82 Å². The maximum Gasteiger partial charge on any atom is 0.188 e. The summed E-state index contributed by atoms with van der Waals surface area (Å²) in [6.45, 7) is 3.03. The van der Waals surface area contributed by atoms with Crippen molar-refractivity contribution in [3.8, 4) is 0 Å². The monoisotopic (exact) mass is 343 g/mol. The van der Waals surface area contributed by atoms with Gasteiger partial charge in [-0.3, -0.25) is 4.79 Å². The normalized spacial score (nSPS) is 11.6. The Labute approximate surface area is 151 Å². The van der Waals surface area contributed by atoms with Crippen LogP contribution in [0.5, 0.6) is 0 Å². The highest BCUT2D eigenvalue weighted by Gasteiger charge is 2.10. The van der Waals surface area contributed by atoms with Crippen molar-refractivity contribution in [2.75, 3.05) is 0 Å². The first-order valence-electron chi connectivity index (χ1n) is 8.67. The van der Waals surface area contributed by atoms with Gasteiger partial charge in [-0.05, 0) is 48.9 Å². The molecule has 0 unspecified atom stereocenters. The van der Waals surface area contributed by atoms with Crippen molar-refractivity contribution in [3.63, 3.8) is 0 Å². The van der Waals surface area contributed by atoms with Crippen molar-refractivity contribution in [3.05, 3.63) is 89.8 Å². The van der Waals surface area contributed by atoms with Gasteiger partial charge in [0.05, 0.1) is 5.56 Å². The Morgan fingerprint density at radius 1 is 0.962 bits per heavy atom. The minimum Gasteiger partial charge on any atom is -0.341 e. The molecule has 3 heteroatoms. The largest absolute Gasteiger partial charge is 0.341 e. The molecule has 4 aromatic rings. The summed E-state index contributed by atoms with van der Waals surface area (Å²) >= 11 is 0. The molecule has 0 atom stereocenters. The van der Waals surface area contributed by atoms with Gasteiger partial charge in [-0.15, -0.1) is 0 Å². The number of hydrogen-bond acceptors (Lipinski definition) is 1. The molecule has 4 rings (SSSR count). The smallest absolute Gasteiger partial charge is 0.188 e. The van der Waals surface area contributed by atoms with Crippen molar-refractivity contribution >= 4 is 33.7 Å². The minimum absolute atomic E-state index is 0.0902. The summed E-state index contributed by atoms with van der Waals surface area (Å²) in [7, 11) is 0. The molecule has 0 aliphatic rings. The summed E-state index contributed by atoms with van der Waals surface area (Å²) in [5.74, 6) is -0.831. The summed E-state index contributed by atoms with van der Waals surface area (Å²) in [4.78, 5) is 12.2. The van der Waals surface area contributed by atoms with E-state index in [9.17, 15) is 9.18 Å². The summed E-state index contributed by atoms with van der Waals surface area (Å²) in [6, 6.07) is 20.5. The Hall–Kier alpha value is -3.20. The predicted molar refractivity (Wildman–Crippen MR) is 105 cm³/mol. The average molecular weight is 343 g/mol. The molecule has 128 valence electrons. The fourth-order valence-electron chi connectivity index (χ4n) is 3.44. The van der Waals surface area contributed by atoms with Gasteiger partial charge < -0.3 is 4.57 Å². The molecule has 1 aromatic heterocycles. The Morgan fingerprint density at radius 3 is 2.50 bits per heavy atom. The standard InChI is InChI=1S/C23H18FNO/c1-2-25-21-10-6-4-7-17(21)19-15-16(11-13-22(19)25)12-14-23(26)18-8-3-5-9-20(18)24/h3-15H,2H2,1H3/b14-12+. The molecule has 0 bridgehead atoms. The number of nitrogens with zero attached hydrogens (tertiary/aromatic N) is 1. The molecule has 26 heavy (non-hydrogen) atoms. The molecule has 0 amide bonds. The lowest BCUT2D eigenvalue weighted by atomic mass is 10.1. The predicted octanol–water partition coefficient (Wildman–Crippen LogP) is 5.85. The SMILES string of the molecule is CCn1c2ccccc2c2cc(/C=C/C(=O)c3ccccc3F)ccc21. The van der Waals surface area contributed by atoms with E-state index in [0.29, 0.717) is 0 Å². The number of aryl methyl sites for hydroxylation is 1. The van der Waals surface area contributed by atoms with Gasteiger partial charge in [-0.2, -0.15) is 0 Å². The number of benzene rings is 3. The third kappa shape index (κ3) is 2.72. The number of carbonyl (C=O) groups is 1. The third-order valence-corrected chi connectivity index (χ3v) is 4.68. The highest BCUT2D eigenvalue weighted by molar-refractivity contribution is 6.10. The molecule has 0 radical (unpaired) electrons. The molecule has 1 heterocycles. The second-order valence-corrected chi connectivity index (χ2v) is 6.22. The Bertz CT molecular complexity index is 1150. The van der Waals surface area contributed by atoms with Crippen molar-refractivity contribution in [1.29, 1.82) is 0 Å². The number of halogens is 1. The summed E-state index contributed by atoms with van der Waals surface area (Å²) in [5.41, 5.74) is 3.38. The number of ketones is 1. The number of aromatic nitrogens is 1. The molecule has 0 fully saturated rings. The van der Waals surface area contributed by atoms with Crippen LogP contribution < -0.4 is 0 Å². The number of rotatable bonds is 4. The summed E-state index contributed by atoms with van der Waals surface area (Å²) < 4.78 is 16.0. The van der Waals surface area contributed by atoms with E-state index in [4.69, 9.17) is 0 Å². The van der Waals surface area contributed by atoms with Crippen LogP contribution in [0.15, 0.2) is 72.8 Å². The van der Waals surface area contributed by atoms with E-state index in [0.717, 1.165) is 17.5 Å². The van der Waals surface area contributed by atoms with Crippen molar-refractivity contribution in [2.45, 2.75) is 13.5 Å². The second-order valence-electron chi connectivity index (χ2n) is 6.22. The van der Waals surface area contributed by atoms with Crippen LogP contribution in [0.4, 0.5) is 4.39 Å². The second kappa shape index (κ2) is 6.60. The van der Waals surface area contributed by atoms with Crippen LogP contribution in [0.2, 0.25) is 0 Å². The molecule has 0 spiro atoms. The van der Waals surface area contributed by atoms with Gasteiger partial charge in [-0.1, -0.05) is 42.5 Å². The molecular weight excluding hydrogens is 325 g/mol. The summed E-state index contributed by atoms with van der Waals surface area (Å²) in [6.07, 6.45) is 3.17. The highest BCUT2D eigenvalue weighted by Crippen LogP contribution is 2.30. The molecule has 0 saturated heterocycles. The van der Waals surface area contributed by atoms with Gasteiger partial charge >= 0.3 is 0 Å². The lowest BCUT2D eigenvalue weighted by Gasteiger charge is -2.02. The molecule has 0 aliphatic carbocycles. The molecular formula is C23H18FNO. The van der Waals surface area contributed by atoms with Crippen LogP contribution in [-0.4, -0.2) is 10.4 Å². The summed E-state index contributed by atoms with van der Waals surface area (Å²) in [5, 5.41) is 2.35. The first kappa shape index (κ1) is 16.3. The van der Waals surface area contributed by atoms with Crippen LogP contribution >= 0.6 is 0 Å². The lowest BCUT2D eigenvalue weighted by molar-refractivity contribution is 0.104. The van der Waals surface area contributed by atoms with Crippen LogP contribution in [0.1, 0.15) is 22.8 Å². The highest BCUT2D eigenvalue weighted by atomic mass is 19.1. The van der Waals surface area contributed by atoms with Gasteiger partial charge in [0.15, 0.2) is 5.78 Å². The van der Waals surface area contributed by atoms with E-state index in [2.05, 4.69) is 35.8 Å². The average Bonchev–Trinajstić information content (AvgIpc) is 2.99. The van der Waals surface area contributed by atoms with Crippen molar-refractivity contribution in [1.82, 2.24) is 4.57 Å². The fourth-order valence-corrected chi connectivity index (χ4v) is 3.44. The van der Waals surface area contributed by atoms with Gasteiger partial charge in [0, 0.05) is 28.4 Å². The third-order valence-electron chi connectivity index (χ3n) is 4.68. The van der Waals surface area contributed by atoms with E-state index in [1.165, 1.54) is 34.6 Å². The van der Waals surface area contributed by atoms with Crippen molar-refractivity contribution < 1.29 is 9.18 Å². The van der Waals surface area contributed by atoms with Gasteiger partial charge in [0.25, 0.3) is 0 Å². The quantitative estimate of drug-likeness (QED) is 0.336. The maximum absolute atomic E-state index is 13.7. The number of carbonyl (C=O) groups excluding carboxylic acids is 1. The Kier molecular flexibility index (Phi) is 4.13. The first-order chi connectivity index (χ1) is 12.7. The fraction of sp³-hybridized carbons (Fsp3) is 0.0870. The van der Waals surface area contributed by atoms with Gasteiger partial charge in [0.2, 0.25) is 0 Å². The molecule has 2 nitrogen and oxygen atoms in total. The number of para-hydroxylation sites is 1. The molecule has 0 aliphatic heterocycles. The number of allylic oxidation sites excluding steroid dienone is 1. The van der Waals surface area contributed by atoms with E-state index in [1.54, 1.807) is 18.2 Å². The zero-order valence-corrected chi connectivity index (χ0v) is 14.4. The van der Waals surface area contributed by atoms with Crippen molar-refractivity contribution in [2.24, 2.45) is 0 Å². The number of fused-ring (bicyclic) bond motifs is 3. The van der Waals surface area contributed by atoms with Crippen LogP contribution in [0.25, 0.3) is 27.9 Å². The maximum atomic E-state index is 13.7. The lowest BCUT2D eigenvalue weighted by Crippen LogP contribution is -1.97. The van der Waals surface area contributed by atoms with Crippen LogP contribution in [-0.2, 0) is 6.54 Å². The van der Waals surface area contributed by atoms with Crippen LogP contribution in [0.3, 0.4) is 0 Å². The molecule has 0 saturated carbocycles. The molecule has 0 N–H and O–H groups in total. The van der Waals surface area contributed by atoms with Crippen LogP contribution in [0, 0.1) is 5.82 Å². The van der Waals surface area contributed by atoms with E-state index in [-0.39, 0.29) is 11.3 Å². The van der Waals surface area contributed by atoms with E-state index >= 15 is 0 Å². The van der Waals surface area contributed by atoms with Gasteiger partial charge in [-0.25, -0.2) is 4.39 Å². The zero-order chi connectivity index (χ0) is 18.1. The van der Waals surface area contributed by atoms with E-state index < -0.39 is 5.82 Å². The number of hydrogen-bond donors (Lipinski definition) is 0. The molecule has 3 aromatic carbocycles. The first-order valence-corrected chi connectivity index (χ1v) is 8.67. The topological polar surface area (TPSA) is 22.0 Å².